The Morgan fingerprint density at radius 2 is 2.03 bits per heavy atom. The normalized spacial score (nSPS) is 11.4. The molecule has 35 heavy (non-hydrogen) atoms. The van der Waals surface area contributed by atoms with E-state index in [9.17, 15) is 9.59 Å². The highest BCUT2D eigenvalue weighted by atomic mass is 35.5. The largest absolute Gasteiger partial charge is 0.337 e. The zero-order chi connectivity index (χ0) is 24.7. The second-order valence-electron chi connectivity index (χ2n) is 8.40. The standard InChI is InChI=1S/C25H23ClN6O3/c1-4-20-29-22(35-30-20)12-31-13-27-23-16-10-14(2)8-9-19(16)32(24(23)25(31)34)11-21(33)28-18-7-5-6-17(26)15(18)3/h5-10,13H,4,11-12H2,1-3H3,(H,28,33). The van der Waals surface area contributed by atoms with Crippen LogP contribution in [0.3, 0.4) is 0 Å². The van der Waals surface area contributed by atoms with Crippen molar-refractivity contribution in [1.82, 2.24) is 24.3 Å². The van der Waals surface area contributed by atoms with Crippen LogP contribution in [-0.2, 0) is 24.3 Å². The third-order valence-corrected chi connectivity index (χ3v) is 6.37. The van der Waals surface area contributed by atoms with Crippen molar-refractivity contribution in [2.24, 2.45) is 0 Å². The van der Waals surface area contributed by atoms with Crippen molar-refractivity contribution >= 4 is 45.1 Å². The molecule has 3 heterocycles. The summed E-state index contributed by atoms with van der Waals surface area (Å²) in [5.74, 6) is 0.603. The maximum absolute atomic E-state index is 13.6. The topological polar surface area (TPSA) is 108 Å². The summed E-state index contributed by atoms with van der Waals surface area (Å²) >= 11 is 6.20. The molecule has 0 spiro atoms. The summed E-state index contributed by atoms with van der Waals surface area (Å²) in [6.45, 7) is 5.75. The fraction of sp³-hybridized carbons (Fsp3) is 0.240. The Kier molecular flexibility index (Phi) is 5.86. The van der Waals surface area contributed by atoms with E-state index in [-0.39, 0.29) is 24.6 Å². The van der Waals surface area contributed by atoms with Crippen LogP contribution in [0.4, 0.5) is 5.69 Å². The molecule has 9 nitrogen and oxygen atoms in total. The summed E-state index contributed by atoms with van der Waals surface area (Å²) in [6, 6.07) is 11.1. The third kappa shape index (κ3) is 4.19. The van der Waals surface area contributed by atoms with Gasteiger partial charge in [0.15, 0.2) is 5.82 Å². The molecule has 0 saturated carbocycles. The predicted octanol–water partition coefficient (Wildman–Crippen LogP) is 4.25. The number of rotatable bonds is 6. The molecular weight excluding hydrogens is 468 g/mol. The Morgan fingerprint density at radius 3 is 2.80 bits per heavy atom. The number of fused-ring (bicyclic) bond motifs is 3. The van der Waals surface area contributed by atoms with E-state index in [0.717, 1.165) is 22.0 Å². The van der Waals surface area contributed by atoms with Crippen LogP contribution in [0.25, 0.3) is 21.9 Å². The van der Waals surface area contributed by atoms with Crippen molar-refractivity contribution in [2.75, 3.05) is 5.32 Å². The number of aryl methyl sites for hydroxylation is 2. The first-order chi connectivity index (χ1) is 16.9. The van der Waals surface area contributed by atoms with Gasteiger partial charge in [-0.25, -0.2) is 4.98 Å². The van der Waals surface area contributed by atoms with Crippen LogP contribution in [0.15, 0.2) is 52.0 Å². The Morgan fingerprint density at radius 1 is 1.20 bits per heavy atom. The number of amides is 1. The lowest BCUT2D eigenvalue weighted by Gasteiger charge is -2.11. The molecule has 0 aliphatic carbocycles. The second-order valence-corrected chi connectivity index (χ2v) is 8.81. The summed E-state index contributed by atoms with van der Waals surface area (Å²) in [7, 11) is 0. The number of hydrogen-bond acceptors (Lipinski definition) is 6. The maximum atomic E-state index is 13.6. The van der Waals surface area contributed by atoms with E-state index in [4.69, 9.17) is 16.1 Å². The predicted molar refractivity (Wildman–Crippen MR) is 134 cm³/mol. The van der Waals surface area contributed by atoms with Crippen molar-refractivity contribution in [1.29, 1.82) is 0 Å². The van der Waals surface area contributed by atoms with E-state index in [0.29, 0.717) is 39.9 Å². The molecule has 5 aromatic rings. The number of benzene rings is 2. The highest BCUT2D eigenvalue weighted by Gasteiger charge is 2.20. The van der Waals surface area contributed by atoms with E-state index < -0.39 is 0 Å². The molecule has 178 valence electrons. The average Bonchev–Trinajstić information content (AvgIpc) is 3.41. The molecule has 1 N–H and O–H groups in total. The van der Waals surface area contributed by atoms with Gasteiger partial charge in [0.2, 0.25) is 11.8 Å². The quantitative estimate of drug-likeness (QED) is 0.381. The van der Waals surface area contributed by atoms with Gasteiger partial charge in [0.25, 0.3) is 5.56 Å². The summed E-state index contributed by atoms with van der Waals surface area (Å²) in [5.41, 5.74) is 3.74. The SMILES string of the molecule is CCc1noc(Cn2cnc3c4cc(C)ccc4n(CC(=O)Nc4cccc(Cl)c4C)c3c2=O)n1. The zero-order valence-electron chi connectivity index (χ0n) is 19.5. The lowest BCUT2D eigenvalue weighted by atomic mass is 10.1. The van der Waals surface area contributed by atoms with Gasteiger partial charge in [-0.2, -0.15) is 4.98 Å². The summed E-state index contributed by atoms with van der Waals surface area (Å²) in [4.78, 5) is 35.5. The van der Waals surface area contributed by atoms with Gasteiger partial charge in [0, 0.05) is 22.5 Å². The number of anilines is 1. The molecular formula is C25H23ClN6O3. The van der Waals surface area contributed by atoms with Crippen LogP contribution in [-0.4, -0.2) is 30.2 Å². The minimum absolute atomic E-state index is 0.0729. The van der Waals surface area contributed by atoms with Crippen molar-refractivity contribution in [3.8, 4) is 0 Å². The number of halogens is 1. The molecule has 10 heteroatoms. The molecule has 0 saturated heterocycles. The number of nitrogens with zero attached hydrogens (tertiary/aromatic N) is 5. The van der Waals surface area contributed by atoms with Gasteiger partial charge in [-0.1, -0.05) is 41.4 Å². The van der Waals surface area contributed by atoms with Crippen LogP contribution in [0.2, 0.25) is 5.02 Å². The van der Waals surface area contributed by atoms with E-state index in [1.54, 1.807) is 22.8 Å². The number of carbonyl (C=O) groups excluding carboxylic acids is 1. The smallest absolute Gasteiger partial charge is 0.278 e. The van der Waals surface area contributed by atoms with Gasteiger partial charge in [-0.3, -0.25) is 14.2 Å². The monoisotopic (exact) mass is 490 g/mol. The van der Waals surface area contributed by atoms with Crippen LogP contribution < -0.4 is 10.9 Å². The van der Waals surface area contributed by atoms with Crippen molar-refractivity contribution in [3.63, 3.8) is 0 Å². The third-order valence-electron chi connectivity index (χ3n) is 5.96. The Balaban J connectivity index is 1.59. The highest BCUT2D eigenvalue weighted by Crippen LogP contribution is 2.27. The highest BCUT2D eigenvalue weighted by molar-refractivity contribution is 6.31. The molecule has 0 fully saturated rings. The molecule has 0 unspecified atom stereocenters. The minimum Gasteiger partial charge on any atom is -0.337 e. The molecule has 2 aromatic carbocycles. The first-order valence-corrected chi connectivity index (χ1v) is 11.6. The zero-order valence-corrected chi connectivity index (χ0v) is 20.3. The van der Waals surface area contributed by atoms with Crippen molar-refractivity contribution in [2.45, 2.75) is 40.3 Å². The van der Waals surface area contributed by atoms with Crippen LogP contribution >= 0.6 is 11.6 Å². The Bertz CT molecular complexity index is 1650. The fourth-order valence-electron chi connectivity index (χ4n) is 4.11. The van der Waals surface area contributed by atoms with Gasteiger partial charge in [0.1, 0.15) is 24.1 Å². The van der Waals surface area contributed by atoms with E-state index in [1.807, 2.05) is 39.0 Å². The lowest BCUT2D eigenvalue weighted by Crippen LogP contribution is -2.25. The molecule has 0 aliphatic rings. The number of hydrogen-bond donors (Lipinski definition) is 1. The molecule has 1 amide bonds. The van der Waals surface area contributed by atoms with E-state index in [1.165, 1.54) is 10.9 Å². The van der Waals surface area contributed by atoms with Gasteiger partial charge in [-0.15, -0.1) is 0 Å². The lowest BCUT2D eigenvalue weighted by molar-refractivity contribution is -0.116. The van der Waals surface area contributed by atoms with Crippen LogP contribution in [0, 0.1) is 13.8 Å². The molecule has 5 rings (SSSR count). The van der Waals surface area contributed by atoms with Gasteiger partial charge in [0.05, 0.1) is 11.8 Å². The molecule has 0 aliphatic heterocycles. The first kappa shape index (κ1) is 22.8. The average molecular weight is 491 g/mol. The Hall–Kier alpha value is -3.98. The molecule has 0 bridgehead atoms. The summed E-state index contributed by atoms with van der Waals surface area (Å²) in [6.07, 6.45) is 2.10. The molecule has 0 radical (unpaired) electrons. The summed E-state index contributed by atoms with van der Waals surface area (Å²) in [5, 5.41) is 8.17. The van der Waals surface area contributed by atoms with Gasteiger partial charge < -0.3 is 14.4 Å². The second kappa shape index (κ2) is 8.99. The van der Waals surface area contributed by atoms with Gasteiger partial charge in [-0.05, 0) is 43.7 Å². The first-order valence-electron chi connectivity index (χ1n) is 11.2. The molecule has 3 aromatic heterocycles. The van der Waals surface area contributed by atoms with Crippen molar-refractivity contribution < 1.29 is 9.32 Å². The number of nitrogens with one attached hydrogen (secondary N) is 1. The Labute approximate surface area is 205 Å². The fourth-order valence-corrected chi connectivity index (χ4v) is 4.29. The van der Waals surface area contributed by atoms with Gasteiger partial charge >= 0.3 is 0 Å². The van der Waals surface area contributed by atoms with Crippen LogP contribution in [0.5, 0.6) is 0 Å². The molecule has 0 atom stereocenters. The minimum atomic E-state index is -0.299. The van der Waals surface area contributed by atoms with E-state index >= 15 is 0 Å². The van der Waals surface area contributed by atoms with Crippen LogP contribution in [0.1, 0.15) is 29.8 Å². The van der Waals surface area contributed by atoms with Crippen molar-refractivity contribution in [3.05, 3.63) is 80.9 Å². The maximum Gasteiger partial charge on any atom is 0.278 e. The summed E-state index contributed by atoms with van der Waals surface area (Å²) < 4.78 is 8.37. The number of carbonyl (C=O) groups is 1. The number of aromatic nitrogens is 5. The van der Waals surface area contributed by atoms with E-state index in [2.05, 4.69) is 20.4 Å².